The number of nitrogens with one attached hydrogen (secondary N) is 1. The Morgan fingerprint density at radius 3 is 2.50 bits per heavy atom. The molecule has 2 rings (SSSR count). The molecule has 24 heavy (non-hydrogen) atoms. The first-order valence-electron chi connectivity index (χ1n) is 7.30. The van der Waals surface area contributed by atoms with E-state index in [0.717, 1.165) is 10.0 Å². The molecule has 0 saturated carbocycles. The lowest BCUT2D eigenvalue weighted by molar-refractivity contribution is -0.114. The molecule has 128 valence electrons. The van der Waals surface area contributed by atoms with Gasteiger partial charge in [0.15, 0.2) is 0 Å². The van der Waals surface area contributed by atoms with Crippen molar-refractivity contribution in [1.29, 1.82) is 0 Å². The molecule has 0 aliphatic carbocycles. The van der Waals surface area contributed by atoms with Crippen LogP contribution in [0.3, 0.4) is 0 Å². The molecule has 0 saturated heterocycles. The fourth-order valence-corrected chi connectivity index (χ4v) is 4.08. The van der Waals surface area contributed by atoms with E-state index in [1.54, 1.807) is 26.1 Å². The number of halogens is 1. The summed E-state index contributed by atoms with van der Waals surface area (Å²) in [6.45, 7) is 3.36. The van der Waals surface area contributed by atoms with E-state index < -0.39 is 10.0 Å². The predicted octanol–water partition coefficient (Wildman–Crippen LogP) is 3.54. The molecule has 0 spiro atoms. The SMILES string of the molecule is CC(=O)Nc1ccc(C)c(S(=O)(=O)N(C)Cc2ccccc2Br)c1. The Morgan fingerprint density at radius 1 is 1.21 bits per heavy atom. The number of nitrogens with zero attached hydrogens (tertiary/aromatic N) is 1. The number of aryl methyl sites for hydroxylation is 1. The van der Waals surface area contributed by atoms with Gasteiger partial charge in [0.25, 0.3) is 0 Å². The third-order valence-corrected chi connectivity index (χ3v) is 6.27. The van der Waals surface area contributed by atoms with Crippen LogP contribution in [0.15, 0.2) is 51.8 Å². The van der Waals surface area contributed by atoms with Gasteiger partial charge in [-0.25, -0.2) is 8.42 Å². The number of hydrogen-bond acceptors (Lipinski definition) is 3. The van der Waals surface area contributed by atoms with Crippen LogP contribution in [-0.2, 0) is 21.4 Å². The van der Waals surface area contributed by atoms with Crippen molar-refractivity contribution >= 4 is 37.5 Å². The van der Waals surface area contributed by atoms with Crippen molar-refractivity contribution in [2.24, 2.45) is 0 Å². The highest BCUT2D eigenvalue weighted by molar-refractivity contribution is 9.10. The highest BCUT2D eigenvalue weighted by Gasteiger charge is 2.24. The molecular weight excluding hydrogens is 392 g/mol. The molecule has 0 bridgehead atoms. The minimum absolute atomic E-state index is 0.184. The van der Waals surface area contributed by atoms with Gasteiger partial charge in [-0.2, -0.15) is 4.31 Å². The van der Waals surface area contributed by atoms with E-state index in [4.69, 9.17) is 0 Å². The molecule has 1 N–H and O–H groups in total. The molecule has 0 aliphatic heterocycles. The van der Waals surface area contributed by atoms with E-state index in [-0.39, 0.29) is 17.3 Å². The maximum atomic E-state index is 12.9. The molecule has 0 unspecified atom stereocenters. The first kappa shape index (κ1) is 18.6. The minimum atomic E-state index is -3.68. The zero-order chi connectivity index (χ0) is 17.9. The van der Waals surface area contributed by atoms with Gasteiger partial charge in [0.2, 0.25) is 15.9 Å². The average Bonchev–Trinajstić information content (AvgIpc) is 2.50. The van der Waals surface area contributed by atoms with Crippen LogP contribution in [0.5, 0.6) is 0 Å². The number of sulfonamides is 1. The van der Waals surface area contributed by atoms with Crippen LogP contribution in [0.4, 0.5) is 5.69 Å². The largest absolute Gasteiger partial charge is 0.326 e. The fraction of sp³-hybridized carbons (Fsp3) is 0.235. The maximum Gasteiger partial charge on any atom is 0.243 e. The number of benzene rings is 2. The van der Waals surface area contributed by atoms with Crippen LogP contribution in [0.1, 0.15) is 18.1 Å². The molecule has 1 amide bonds. The summed E-state index contributed by atoms with van der Waals surface area (Å²) < 4.78 is 28.0. The smallest absolute Gasteiger partial charge is 0.243 e. The second-order valence-electron chi connectivity index (χ2n) is 5.51. The summed E-state index contributed by atoms with van der Waals surface area (Å²) in [5.74, 6) is -0.247. The molecule has 5 nitrogen and oxygen atoms in total. The van der Waals surface area contributed by atoms with Gasteiger partial charge in [0.1, 0.15) is 0 Å². The van der Waals surface area contributed by atoms with Crippen molar-refractivity contribution < 1.29 is 13.2 Å². The van der Waals surface area contributed by atoms with Gasteiger partial charge in [0.05, 0.1) is 4.90 Å². The van der Waals surface area contributed by atoms with Crippen molar-refractivity contribution in [3.05, 3.63) is 58.1 Å². The first-order valence-corrected chi connectivity index (χ1v) is 9.53. The van der Waals surface area contributed by atoms with Crippen molar-refractivity contribution in [1.82, 2.24) is 4.31 Å². The van der Waals surface area contributed by atoms with E-state index in [9.17, 15) is 13.2 Å². The molecule has 0 fully saturated rings. The summed E-state index contributed by atoms with van der Waals surface area (Å²) in [6, 6.07) is 12.3. The highest BCUT2D eigenvalue weighted by atomic mass is 79.9. The number of carbonyl (C=O) groups is 1. The van der Waals surface area contributed by atoms with Crippen molar-refractivity contribution in [3.8, 4) is 0 Å². The van der Waals surface area contributed by atoms with Crippen molar-refractivity contribution in [2.75, 3.05) is 12.4 Å². The second kappa shape index (κ2) is 7.46. The third-order valence-electron chi connectivity index (χ3n) is 3.55. The molecule has 0 aromatic heterocycles. The molecule has 0 atom stereocenters. The number of amides is 1. The minimum Gasteiger partial charge on any atom is -0.326 e. The second-order valence-corrected chi connectivity index (χ2v) is 8.38. The molecule has 2 aromatic carbocycles. The zero-order valence-corrected chi connectivity index (χ0v) is 16.1. The molecule has 2 aromatic rings. The Bertz CT molecular complexity index is 866. The van der Waals surface area contributed by atoms with Gasteiger partial charge in [-0.15, -0.1) is 0 Å². The number of hydrogen-bond donors (Lipinski definition) is 1. The van der Waals surface area contributed by atoms with E-state index in [1.165, 1.54) is 17.3 Å². The first-order chi connectivity index (χ1) is 11.2. The van der Waals surface area contributed by atoms with E-state index in [0.29, 0.717) is 11.3 Å². The summed E-state index contributed by atoms with van der Waals surface area (Å²) in [5.41, 5.74) is 1.96. The standard InChI is InChI=1S/C17H19BrN2O3S/c1-12-8-9-15(19-13(2)21)10-17(12)24(22,23)20(3)11-14-6-4-5-7-16(14)18/h4-10H,11H2,1-3H3,(H,19,21). The predicted molar refractivity (Wildman–Crippen MR) is 98.3 cm³/mol. The Hall–Kier alpha value is -1.70. The molecular formula is C17H19BrN2O3S. The maximum absolute atomic E-state index is 12.9. The lowest BCUT2D eigenvalue weighted by Crippen LogP contribution is -2.27. The fourth-order valence-electron chi connectivity index (χ4n) is 2.28. The van der Waals surface area contributed by atoms with Crippen LogP contribution in [0.25, 0.3) is 0 Å². The van der Waals surface area contributed by atoms with Crippen LogP contribution < -0.4 is 5.32 Å². The van der Waals surface area contributed by atoms with Crippen LogP contribution in [0.2, 0.25) is 0 Å². The third kappa shape index (κ3) is 4.23. The number of anilines is 1. The lowest BCUT2D eigenvalue weighted by atomic mass is 10.2. The Labute approximate surface area is 150 Å². The summed E-state index contributed by atoms with van der Waals surface area (Å²) in [7, 11) is -2.14. The van der Waals surface area contributed by atoms with Crippen molar-refractivity contribution in [2.45, 2.75) is 25.3 Å². The van der Waals surface area contributed by atoms with Crippen LogP contribution in [-0.4, -0.2) is 25.7 Å². The molecule has 0 aliphatic rings. The molecule has 0 radical (unpaired) electrons. The summed E-state index contributed by atoms with van der Waals surface area (Å²) >= 11 is 3.43. The molecule has 0 heterocycles. The van der Waals surface area contributed by atoms with E-state index in [1.807, 2.05) is 24.3 Å². The van der Waals surface area contributed by atoms with Gasteiger partial charge in [-0.05, 0) is 36.2 Å². The van der Waals surface area contributed by atoms with Gasteiger partial charge in [-0.3, -0.25) is 4.79 Å². The summed E-state index contributed by atoms with van der Waals surface area (Å²) in [5, 5.41) is 2.61. The summed E-state index contributed by atoms with van der Waals surface area (Å²) in [6.07, 6.45) is 0. The van der Waals surface area contributed by atoms with Gasteiger partial charge in [0, 0.05) is 30.7 Å². The van der Waals surface area contributed by atoms with Crippen LogP contribution >= 0.6 is 15.9 Å². The molecule has 7 heteroatoms. The topological polar surface area (TPSA) is 66.5 Å². The van der Waals surface area contributed by atoms with Crippen molar-refractivity contribution in [3.63, 3.8) is 0 Å². The normalized spacial score (nSPS) is 11.5. The Kier molecular flexibility index (Phi) is 5.79. The average molecular weight is 411 g/mol. The van der Waals surface area contributed by atoms with E-state index in [2.05, 4.69) is 21.2 Å². The lowest BCUT2D eigenvalue weighted by Gasteiger charge is -2.20. The zero-order valence-electron chi connectivity index (χ0n) is 13.7. The summed E-state index contributed by atoms with van der Waals surface area (Å²) in [4.78, 5) is 11.4. The quantitative estimate of drug-likeness (QED) is 0.819. The Balaban J connectivity index is 2.35. The number of carbonyl (C=O) groups excluding carboxylic acids is 1. The number of rotatable bonds is 5. The van der Waals surface area contributed by atoms with Gasteiger partial charge >= 0.3 is 0 Å². The van der Waals surface area contributed by atoms with Gasteiger partial charge in [-0.1, -0.05) is 40.2 Å². The monoisotopic (exact) mass is 410 g/mol. The Morgan fingerprint density at radius 2 is 1.88 bits per heavy atom. The highest BCUT2D eigenvalue weighted by Crippen LogP contribution is 2.25. The van der Waals surface area contributed by atoms with Gasteiger partial charge < -0.3 is 5.32 Å². The van der Waals surface area contributed by atoms with E-state index >= 15 is 0 Å². The van der Waals surface area contributed by atoms with Crippen LogP contribution in [0, 0.1) is 6.92 Å².